The van der Waals surface area contributed by atoms with Crippen LogP contribution in [0.5, 0.6) is 0 Å². The number of anilines is 1. The molecule has 0 saturated carbocycles. The second-order valence-electron chi connectivity index (χ2n) is 8.45. The molecule has 2 saturated heterocycles. The number of hydrogen-bond acceptors (Lipinski definition) is 4. The molecule has 1 atom stereocenters. The Balaban J connectivity index is 1.36. The average Bonchev–Trinajstić information content (AvgIpc) is 2.99. The van der Waals surface area contributed by atoms with Gasteiger partial charge in [-0.25, -0.2) is 4.79 Å². The summed E-state index contributed by atoms with van der Waals surface area (Å²) in [7, 11) is 0. The van der Waals surface area contributed by atoms with Crippen molar-refractivity contribution >= 4 is 11.7 Å². The highest BCUT2D eigenvalue weighted by Gasteiger charge is 2.34. The summed E-state index contributed by atoms with van der Waals surface area (Å²) in [6.07, 6.45) is 6.92. The van der Waals surface area contributed by atoms with Crippen molar-refractivity contribution < 1.29 is 9.32 Å². The van der Waals surface area contributed by atoms with Crippen LogP contribution in [0.1, 0.15) is 50.0 Å². The van der Waals surface area contributed by atoms with Gasteiger partial charge in [0.25, 0.3) is 0 Å². The van der Waals surface area contributed by atoms with Crippen LogP contribution >= 0.6 is 0 Å². The third-order valence-electron chi connectivity index (χ3n) is 6.32. The molecule has 2 fully saturated rings. The van der Waals surface area contributed by atoms with Crippen LogP contribution in [-0.2, 0) is 6.54 Å². The van der Waals surface area contributed by atoms with E-state index in [0.717, 1.165) is 69.0 Å². The number of benzene rings is 1. The van der Waals surface area contributed by atoms with Crippen molar-refractivity contribution in [2.75, 3.05) is 25.0 Å². The molecule has 0 aliphatic carbocycles. The fourth-order valence-electron chi connectivity index (χ4n) is 4.80. The van der Waals surface area contributed by atoms with E-state index in [1.54, 1.807) is 0 Å². The number of carbonyl (C=O) groups excluding carboxylic acids is 1. The first-order valence-electron chi connectivity index (χ1n) is 11.0. The highest BCUT2D eigenvalue weighted by molar-refractivity contribution is 5.89. The third-order valence-corrected chi connectivity index (χ3v) is 6.32. The number of nitrogens with zero attached hydrogens (tertiary/aromatic N) is 3. The van der Waals surface area contributed by atoms with E-state index in [9.17, 15) is 4.79 Å². The van der Waals surface area contributed by atoms with Gasteiger partial charge in [0.2, 0.25) is 0 Å². The number of rotatable bonds is 4. The van der Waals surface area contributed by atoms with E-state index in [2.05, 4.69) is 20.3 Å². The lowest BCUT2D eigenvalue weighted by Gasteiger charge is -2.40. The van der Waals surface area contributed by atoms with E-state index in [4.69, 9.17) is 4.52 Å². The van der Waals surface area contributed by atoms with Gasteiger partial charge in [-0.05, 0) is 63.7 Å². The zero-order valence-corrected chi connectivity index (χ0v) is 17.3. The predicted molar refractivity (Wildman–Crippen MR) is 114 cm³/mol. The lowest BCUT2D eigenvalue weighted by Crippen LogP contribution is -2.49. The minimum Gasteiger partial charge on any atom is -0.360 e. The van der Waals surface area contributed by atoms with E-state index in [1.165, 1.54) is 12.8 Å². The lowest BCUT2D eigenvalue weighted by molar-refractivity contribution is 0.0983. The molecule has 29 heavy (non-hydrogen) atoms. The van der Waals surface area contributed by atoms with Gasteiger partial charge in [-0.3, -0.25) is 4.90 Å². The first-order valence-corrected chi connectivity index (χ1v) is 11.0. The number of amides is 2. The summed E-state index contributed by atoms with van der Waals surface area (Å²) in [6, 6.07) is 12.2. The van der Waals surface area contributed by atoms with Gasteiger partial charge < -0.3 is 14.7 Å². The van der Waals surface area contributed by atoms with Crippen molar-refractivity contribution in [3.8, 4) is 0 Å². The monoisotopic (exact) mass is 396 g/mol. The van der Waals surface area contributed by atoms with E-state index >= 15 is 0 Å². The molecule has 2 aromatic rings. The van der Waals surface area contributed by atoms with Crippen molar-refractivity contribution in [3.05, 3.63) is 47.9 Å². The maximum Gasteiger partial charge on any atom is 0.322 e. The Morgan fingerprint density at radius 2 is 1.90 bits per heavy atom. The number of aromatic nitrogens is 1. The van der Waals surface area contributed by atoms with Gasteiger partial charge in [-0.15, -0.1) is 0 Å². The molecule has 1 N–H and O–H groups in total. The smallest absolute Gasteiger partial charge is 0.322 e. The number of piperidine rings is 1. The maximum atomic E-state index is 13.1. The third kappa shape index (κ3) is 5.18. The van der Waals surface area contributed by atoms with E-state index in [0.29, 0.717) is 12.0 Å². The van der Waals surface area contributed by atoms with Crippen LogP contribution in [0.4, 0.5) is 10.5 Å². The fourth-order valence-corrected chi connectivity index (χ4v) is 4.80. The maximum absolute atomic E-state index is 13.1. The van der Waals surface area contributed by atoms with Crippen molar-refractivity contribution in [2.24, 2.45) is 5.92 Å². The molecule has 0 spiro atoms. The molecule has 2 aliphatic heterocycles. The topological polar surface area (TPSA) is 61.6 Å². The first-order chi connectivity index (χ1) is 14.2. The summed E-state index contributed by atoms with van der Waals surface area (Å²) in [5, 5.41) is 7.10. The Morgan fingerprint density at radius 1 is 1.10 bits per heavy atom. The Bertz CT molecular complexity index is 783. The van der Waals surface area contributed by atoms with Gasteiger partial charge in [0.05, 0.1) is 12.2 Å². The van der Waals surface area contributed by atoms with Gasteiger partial charge >= 0.3 is 6.03 Å². The second kappa shape index (κ2) is 9.44. The lowest BCUT2D eigenvalue weighted by atomic mass is 9.86. The van der Waals surface area contributed by atoms with Crippen LogP contribution in [-0.4, -0.2) is 46.7 Å². The molecule has 2 amide bonds. The number of urea groups is 1. The first kappa shape index (κ1) is 20.0. The van der Waals surface area contributed by atoms with E-state index in [-0.39, 0.29) is 6.03 Å². The van der Waals surface area contributed by atoms with Gasteiger partial charge in [0, 0.05) is 24.3 Å². The molecular weight excluding hydrogens is 364 g/mol. The van der Waals surface area contributed by atoms with Crippen molar-refractivity contribution in [1.82, 2.24) is 15.0 Å². The summed E-state index contributed by atoms with van der Waals surface area (Å²) >= 11 is 0. The second-order valence-corrected chi connectivity index (χ2v) is 8.45. The molecular formula is C23H32N4O2. The molecule has 3 heterocycles. The van der Waals surface area contributed by atoms with Crippen molar-refractivity contribution in [1.29, 1.82) is 0 Å². The number of hydrogen-bond donors (Lipinski definition) is 1. The van der Waals surface area contributed by atoms with Crippen molar-refractivity contribution in [2.45, 2.75) is 58.0 Å². The molecule has 156 valence electrons. The number of aryl methyl sites for hydroxylation is 1. The largest absolute Gasteiger partial charge is 0.360 e. The van der Waals surface area contributed by atoms with Crippen LogP contribution in [0.2, 0.25) is 0 Å². The number of carbonyl (C=O) groups is 1. The standard InChI is InChI=1S/C23H32N4O2/c1-18-16-21(29-25-18)17-26-14-11-19(12-15-26)22-10-6-3-7-13-27(22)23(28)24-20-8-4-2-5-9-20/h2,4-5,8-9,16,19,22H,3,6-7,10-15,17H2,1H3,(H,24,28). The van der Waals surface area contributed by atoms with Crippen LogP contribution in [0.25, 0.3) is 0 Å². The number of nitrogens with one attached hydrogen (secondary N) is 1. The summed E-state index contributed by atoms with van der Waals surface area (Å²) in [5.41, 5.74) is 1.81. The molecule has 2 aliphatic rings. The van der Waals surface area contributed by atoms with E-state index in [1.807, 2.05) is 43.3 Å². The Labute approximate surface area is 173 Å². The summed E-state index contributed by atoms with van der Waals surface area (Å²) in [6.45, 7) is 5.75. The highest BCUT2D eigenvalue weighted by atomic mass is 16.5. The highest BCUT2D eigenvalue weighted by Crippen LogP contribution is 2.31. The zero-order chi connectivity index (χ0) is 20.1. The van der Waals surface area contributed by atoms with E-state index < -0.39 is 0 Å². The molecule has 6 nitrogen and oxygen atoms in total. The fraction of sp³-hybridized carbons (Fsp3) is 0.565. The Hall–Kier alpha value is -2.34. The van der Waals surface area contributed by atoms with Crippen LogP contribution < -0.4 is 5.32 Å². The number of para-hydroxylation sites is 1. The summed E-state index contributed by atoms with van der Waals surface area (Å²) < 4.78 is 5.38. The minimum absolute atomic E-state index is 0.0580. The normalized spacial score (nSPS) is 21.7. The van der Waals surface area contributed by atoms with Crippen molar-refractivity contribution in [3.63, 3.8) is 0 Å². The summed E-state index contributed by atoms with van der Waals surface area (Å²) in [5.74, 6) is 1.52. The van der Waals surface area contributed by atoms with Gasteiger partial charge in [0.1, 0.15) is 0 Å². The molecule has 6 heteroatoms. The Kier molecular flexibility index (Phi) is 6.49. The molecule has 4 rings (SSSR count). The van der Waals surface area contributed by atoms with Crippen LogP contribution in [0, 0.1) is 12.8 Å². The molecule has 0 bridgehead atoms. The molecule has 1 aromatic heterocycles. The summed E-state index contributed by atoms with van der Waals surface area (Å²) in [4.78, 5) is 17.6. The van der Waals surface area contributed by atoms with Gasteiger partial charge in [-0.1, -0.05) is 36.2 Å². The van der Waals surface area contributed by atoms with Crippen LogP contribution in [0.3, 0.4) is 0 Å². The van der Waals surface area contributed by atoms with Crippen LogP contribution in [0.15, 0.2) is 40.9 Å². The quantitative estimate of drug-likeness (QED) is 0.816. The number of likely N-dealkylation sites (tertiary alicyclic amines) is 2. The Morgan fingerprint density at radius 3 is 2.62 bits per heavy atom. The van der Waals surface area contributed by atoms with Gasteiger partial charge in [0.15, 0.2) is 5.76 Å². The molecule has 0 radical (unpaired) electrons. The SMILES string of the molecule is Cc1cc(CN2CCC(C3CCCCCN3C(=O)Nc3ccccc3)CC2)on1. The molecule has 1 aromatic carbocycles. The predicted octanol–water partition coefficient (Wildman–Crippen LogP) is 4.67. The molecule has 1 unspecified atom stereocenters. The van der Waals surface area contributed by atoms with Gasteiger partial charge in [-0.2, -0.15) is 0 Å². The zero-order valence-electron chi connectivity index (χ0n) is 17.3. The average molecular weight is 397 g/mol. The minimum atomic E-state index is 0.0580.